The first-order valence-electron chi connectivity index (χ1n) is 8.58. The Balaban J connectivity index is 1.86. The van der Waals surface area contributed by atoms with Crippen LogP contribution in [-0.4, -0.2) is 23.0 Å². The van der Waals surface area contributed by atoms with Gasteiger partial charge in [0, 0.05) is 12.5 Å². The average molecular weight is 349 g/mol. The quantitative estimate of drug-likeness (QED) is 0.844. The molecular weight excluding hydrogens is 330 g/mol. The molecule has 2 aromatic rings. The third-order valence-electron chi connectivity index (χ3n) is 5.52. The molecular formula is C20H19N3O3. The Kier molecular flexibility index (Phi) is 3.60. The van der Waals surface area contributed by atoms with Crippen LogP contribution in [0.2, 0.25) is 0 Å². The SMILES string of the molecule is COC1(c2cccc(-c3c(C)noc3C)n2)C=C(C#N)C(=O)C2(CC2)C1. The number of hydrogen-bond donors (Lipinski definition) is 0. The summed E-state index contributed by atoms with van der Waals surface area (Å²) in [6.07, 6.45) is 3.73. The number of pyridine rings is 1. The van der Waals surface area contributed by atoms with Crippen molar-refractivity contribution < 1.29 is 14.1 Å². The van der Waals surface area contributed by atoms with Gasteiger partial charge < -0.3 is 9.26 Å². The second-order valence-corrected chi connectivity index (χ2v) is 7.16. The van der Waals surface area contributed by atoms with E-state index < -0.39 is 11.0 Å². The van der Waals surface area contributed by atoms with Crippen molar-refractivity contribution in [2.24, 2.45) is 5.41 Å². The van der Waals surface area contributed by atoms with Gasteiger partial charge in [0.1, 0.15) is 17.4 Å². The molecule has 0 bridgehead atoms. The van der Waals surface area contributed by atoms with E-state index in [0.29, 0.717) is 17.9 Å². The van der Waals surface area contributed by atoms with Gasteiger partial charge in [0.05, 0.1) is 28.2 Å². The third kappa shape index (κ3) is 2.31. The van der Waals surface area contributed by atoms with Crippen molar-refractivity contribution in [2.75, 3.05) is 7.11 Å². The van der Waals surface area contributed by atoms with Crippen molar-refractivity contribution in [3.63, 3.8) is 0 Å². The van der Waals surface area contributed by atoms with E-state index in [1.165, 1.54) is 0 Å². The maximum absolute atomic E-state index is 12.5. The van der Waals surface area contributed by atoms with Crippen molar-refractivity contribution in [2.45, 2.75) is 38.7 Å². The van der Waals surface area contributed by atoms with Gasteiger partial charge in [-0.25, -0.2) is 4.98 Å². The standard InChI is InChI=1S/C20H19N3O3/c1-12-17(13(2)26-23-12)15-5-4-6-16(22-15)20(25-3)9-14(10-21)18(24)19(11-20)7-8-19/h4-6,9H,7-8,11H2,1-3H3. The second kappa shape index (κ2) is 5.61. The van der Waals surface area contributed by atoms with Crippen molar-refractivity contribution in [1.82, 2.24) is 10.1 Å². The first-order chi connectivity index (χ1) is 12.4. The molecule has 0 aliphatic heterocycles. The fraction of sp³-hybridized carbons (Fsp3) is 0.400. The molecule has 0 N–H and O–H groups in total. The highest BCUT2D eigenvalue weighted by molar-refractivity contribution is 6.06. The first-order valence-corrected chi connectivity index (χ1v) is 8.58. The van der Waals surface area contributed by atoms with Gasteiger partial charge in [-0.15, -0.1) is 0 Å². The lowest BCUT2D eigenvalue weighted by molar-refractivity contribution is -0.124. The number of allylic oxidation sites excluding steroid dienone is 1. The molecule has 4 rings (SSSR count). The van der Waals surface area contributed by atoms with Gasteiger partial charge in [0.25, 0.3) is 0 Å². The summed E-state index contributed by atoms with van der Waals surface area (Å²) in [6, 6.07) is 7.73. The van der Waals surface area contributed by atoms with Crippen molar-refractivity contribution >= 4 is 5.78 Å². The van der Waals surface area contributed by atoms with Gasteiger partial charge in [0.15, 0.2) is 5.78 Å². The molecule has 0 amide bonds. The Morgan fingerprint density at radius 1 is 1.31 bits per heavy atom. The molecule has 6 heteroatoms. The summed E-state index contributed by atoms with van der Waals surface area (Å²) in [5.74, 6) is 0.638. The lowest BCUT2D eigenvalue weighted by Gasteiger charge is -2.36. The highest BCUT2D eigenvalue weighted by Gasteiger charge is 2.58. The number of ketones is 1. The van der Waals surface area contributed by atoms with Gasteiger partial charge in [-0.3, -0.25) is 4.79 Å². The predicted molar refractivity (Wildman–Crippen MR) is 92.9 cm³/mol. The number of aryl methyl sites for hydroxylation is 2. The molecule has 1 saturated carbocycles. The van der Waals surface area contributed by atoms with Crippen LogP contribution in [0.25, 0.3) is 11.3 Å². The summed E-state index contributed by atoms with van der Waals surface area (Å²) in [5.41, 5.74) is 1.86. The largest absolute Gasteiger partial charge is 0.368 e. The minimum atomic E-state index is -0.884. The number of Topliss-reactive ketones (excluding diaryl/α,β-unsaturated/α-hetero) is 1. The molecule has 2 aromatic heterocycles. The third-order valence-corrected chi connectivity index (χ3v) is 5.52. The minimum Gasteiger partial charge on any atom is -0.368 e. The maximum Gasteiger partial charge on any atom is 0.179 e. The fourth-order valence-electron chi connectivity index (χ4n) is 3.91. The van der Waals surface area contributed by atoms with Crippen LogP contribution >= 0.6 is 0 Å². The van der Waals surface area contributed by atoms with Crippen LogP contribution in [0, 0.1) is 30.6 Å². The molecule has 0 radical (unpaired) electrons. The molecule has 2 heterocycles. The van der Waals surface area contributed by atoms with Crippen molar-refractivity contribution in [1.29, 1.82) is 5.26 Å². The lowest BCUT2D eigenvalue weighted by atomic mass is 9.74. The number of hydrogen-bond acceptors (Lipinski definition) is 6. The monoisotopic (exact) mass is 349 g/mol. The molecule has 0 aromatic carbocycles. The van der Waals surface area contributed by atoms with Crippen LogP contribution < -0.4 is 0 Å². The Labute approximate surface area is 151 Å². The van der Waals surface area contributed by atoms with E-state index in [1.807, 2.05) is 38.1 Å². The fourth-order valence-corrected chi connectivity index (χ4v) is 3.91. The van der Waals surface area contributed by atoms with Crippen LogP contribution in [0.3, 0.4) is 0 Å². The van der Waals surface area contributed by atoms with Gasteiger partial charge in [0.2, 0.25) is 0 Å². The highest BCUT2D eigenvalue weighted by Crippen LogP contribution is 2.58. The number of rotatable bonds is 3. The molecule has 6 nitrogen and oxygen atoms in total. The van der Waals surface area contributed by atoms with Crippen LogP contribution in [0.4, 0.5) is 0 Å². The summed E-state index contributed by atoms with van der Waals surface area (Å²) in [6.45, 7) is 3.72. The normalized spacial score (nSPS) is 23.6. The summed E-state index contributed by atoms with van der Waals surface area (Å²) < 4.78 is 11.1. The first kappa shape index (κ1) is 16.7. The second-order valence-electron chi connectivity index (χ2n) is 7.16. The van der Waals surface area contributed by atoms with E-state index >= 15 is 0 Å². The summed E-state index contributed by atoms with van der Waals surface area (Å²) >= 11 is 0. The van der Waals surface area contributed by atoms with Crippen LogP contribution in [0.1, 0.15) is 36.4 Å². The molecule has 1 spiro atoms. The van der Waals surface area contributed by atoms with E-state index in [4.69, 9.17) is 14.2 Å². The summed E-state index contributed by atoms with van der Waals surface area (Å²) in [4.78, 5) is 17.3. The number of methoxy groups -OCH3 is 1. The van der Waals surface area contributed by atoms with Crippen LogP contribution in [-0.2, 0) is 15.1 Å². The smallest absolute Gasteiger partial charge is 0.179 e. The van der Waals surface area contributed by atoms with Gasteiger partial charge in [-0.1, -0.05) is 11.2 Å². The van der Waals surface area contributed by atoms with E-state index in [2.05, 4.69) is 5.16 Å². The number of carbonyl (C=O) groups is 1. The predicted octanol–water partition coefficient (Wildman–Crippen LogP) is 3.40. The topological polar surface area (TPSA) is 89.0 Å². The maximum atomic E-state index is 12.5. The lowest BCUT2D eigenvalue weighted by Crippen LogP contribution is -2.39. The van der Waals surface area contributed by atoms with Gasteiger partial charge in [-0.2, -0.15) is 5.26 Å². The van der Waals surface area contributed by atoms with E-state index in [-0.39, 0.29) is 11.4 Å². The zero-order valence-electron chi connectivity index (χ0n) is 15.0. The Morgan fingerprint density at radius 2 is 2.08 bits per heavy atom. The van der Waals surface area contributed by atoms with Crippen LogP contribution in [0.5, 0.6) is 0 Å². The number of nitrogens with zero attached hydrogens (tertiary/aromatic N) is 3. The van der Waals surface area contributed by atoms with Crippen LogP contribution in [0.15, 0.2) is 34.4 Å². The Hall–Kier alpha value is -2.78. The number of nitriles is 1. The van der Waals surface area contributed by atoms with E-state index in [1.54, 1.807) is 13.2 Å². The zero-order valence-corrected chi connectivity index (χ0v) is 15.0. The van der Waals surface area contributed by atoms with Crippen molar-refractivity contribution in [3.8, 4) is 17.3 Å². The molecule has 26 heavy (non-hydrogen) atoms. The number of aromatic nitrogens is 2. The summed E-state index contributed by atoms with van der Waals surface area (Å²) in [7, 11) is 1.60. The Bertz CT molecular complexity index is 959. The molecule has 1 atom stereocenters. The number of ether oxygens (including phenoxy) is 1. The van der Waals surface area contributed by atoms with Gasteiger partial charge in [-0.05, 0) is 51.3 Å². The molecule has 0 saturated heterocycles. The molecule has 1 unspecified atom stereocenters. The summed E-state index contributed by atoms with van der Waals surface area (Å²) in [5, 5.41) is 13.4. The van der Waals surface area contributed by atoms with Gasteiger partial charge >= 0.3 is 0 Å². The molecule has 2 aliphatic rings. The zero-order chi connectivity index (χ0) is 18.5. The average Bonchev–Trinajstić information content (AvgIpc) is 3.34. The molecule has 2 aliphatic carbocycles. The van der Waals surface area contributed by atoms with Crippen molar-refractivity contribution in [3.05, 3.63) is 47.0 Å². The minimum absolute atomic E-state index is 0.0606. The molecule has 1 fully saturated rings. The highest BCUT2D eigenvalue weighted by atomic mass is 16.5. The molecule has 132 valence electrons. The number of carbonyl (C=O) groups excluding carboxylic acids is 1. The van der Waals surface area contributed by atoms with E-state index in [9.17, 15) is 10.1 Å². The van der Waals surface area contributed by atoms with E-state index in [0.717, 1.165) is 29.8 Å². The Morgan fingerprint density at radius 3 is 2.65 bits per heavy atom.